The third-order valence-electron chi connectivity index (χ3n) is 5.86. The van der Waals surface area contributed by atoms with Crippen LogP contribution in [0.25, 0.3) is 22.8 Å². The summed E-state index contributed by atoms with van der Waals surface area (Å²) in [5, 5.41) is 33.0. The molecule has 4 N–H and O–H groups in total. The number of rotatable bonds is 8. The van der Waals surface area contributed by atoms with E-state index in [4.69, 9.17) is 9.63 Å². The lowest BCUT2D eigenvalue weighted by Crippen LogP contribution is -2.35. The predicted octanol–water partition coefficient (Wildman–Crippen LogP) is 1.45. The Morgan fingerprint density at radius 2 is 1.97 bits per heavy atom. The number of hydrogen-bond donors (Lipinski definition) is 4. The molecule has 1 saturated heterocycles. The third kappa shape index (κ3) is 4.95. The third-order valence-corrected chi connectivity index (χ3v) is 5.86. The fourth-order valence-corrected chi connectivity index (χ4v) is 3.91. The van der Waals surface area contributed by atoms with E-state index in [9.17, 15) is 14.7 Å². The van der Waals surface area contributed by atoms with E-state index in [0.717, 1.165) is 0 Å². The minimum absolute atomic E-state index is 0.0804. The SMILES string of the molecule is CN1CC[C@@](O)(c2cc(-c3cccc(-c4ccnc(Nc5cnn(CCNC(=O)O)c5)n4)n3)no2)C1=O. The molecule has 1 atom stereocenters. The number of anilines is 2. The van der Waals surface area contributed by atoms with Crippen molar-refractivity contribution in [1.29, 1.82) is 0 Å². The molecule has 2 amide bonds. The van der Waals surface area contributed by atoms with Crippen LogP contribution in [0, 0.1) is 0 Å². The van der Waals surface area contributed by atoms with Crippen LogP contribution < -0.4 is 10.6 Å². The molecule has 0 spiro atoms. The normalized spacial score (nSPS) is 17.2. The lowest BCUT2D eigenvalue weighted by atomic mass is 9.98. The summed E-state index contributed by atoms with van der Waals surface area (Å²) >= 11 is 0. The average Bonchev–Trinajstić information content (AvgIpc) is 3.62. The standard InChI is InChI=1S/C23H23N9O5/c1-31-9-6-23(36,20(31)33)19-11-18(30-37-19)16-4-2-3-15(28-16)17-5-7-24-21(29-17)27-14-12-26-32(13-14)10-8-25-22(34)35/h2-5,7,11-13,25,36H,6,8-10H2,1H3,(H,34,35)(H,24,27,29)/t23-/m1/s1. The second-order valence-corrected chi connectivity index (χ2v) is 8.44. The van der Waals surface area contributed by atoms with Crippen LogP contribution in [0.5, 0.6) is 0 Å². The number of carbonyl (C=O) groups is 2. The molecule has 14 heteroatoms. The van der Waals surface area contributed by atoms with Gasteiger partial charge in [-0.25, -0.2) is 19.7 Å². The van der Waals surface area contributed by atoms with E-state index in [1.54, 1.807) is 54.6 Å². The van der Waals surface area contributed by atoms with Gasteiger partial charge in [-0.1, -0.05) is 11.2 Å². The zero-order chi connectivity index (χ0) is 26.0. The molecule has 0 saturated carbocycles. The van der Waals surface area contributed by atoms with Gasteiger partial charge in [0.05, 0.1) is 35.5 Å². The van der Waals surface area contributed by atoms with Crippen molar-refractivity contribution in [3.63, 3.8) is 0 Å². The van der Waals surface area contributed by atoms with Crippen LogP contribution >= 0.6 is 0 Å². The van der Waals surface area contributed by atoms with Crippen molar-refractivity contribution in [2.24, 2.45) is 0 Å². The molecule has 190 valence electrons. The number of amides is 2. The summed E-state index contributed by atoms with van der Waals surface area (Å²) in [6, 6.07) is 8.56. The van der Waals surface area contributed by atoms with Gasteiger partial charge in [-0.2, -0.15) is 5.10 Å². The summed E-state index contributed by atoms with van der Waals surface area (Å²) in [6.07, 6.45) is 4.01. The summed E-state index contributed by atoms with van der Waals surface area (Å²) < 4.78 is 6.92. The molecule has 0 radical (unpaired) electrons. The summed E-state index contributed by atoms with van der Waals surface area (Å²) in [6.45, 7) is 1.02. The summed E-state index contributed by atoms with van der Waals surface area (Å²) in [4.78, 5) is 37.8. The second-order valence-electron chi connectivity index (χ2n) is 8.44. The molecule has 5 rings (SSSR count). The molecule has 4 aromatic heterocycles. The number of nitrogens with zero attached hydrogens (tertiary/aromatic N) is 7. The fraction of sp³-hybridized carbons (Fsp3) is 0.261. The Bertz CT molecular complexity index is 1450. The molecule has 1 aliphatic heterocycles. The van der Waals surface area contributed by atoms with Gasteiger partial charge in [0.1, 0.15) is 5.69 Å². The lowest BCUT2D eigenvalue weighted by molar-refractivity contribution is -0.144. The maximum absolute atomic E-state index is 12.4. The van der Waals surface area contributed by atoms with E-state index in [1.807, 2.05) is 0 Å². The number of hydrogen-bond acceptors (Lipinski definition) is 10. The number of carbonyl (C=O) groups excluding carboxylic acids is 1. The molecule has 0 aromatic carbocycles. The number of pyridine rings is 1. The highest BCUT2D eigenvalue weighted by Gasteiger charge is 2.48. The highest BCUT2D eigenvalue weighted by atomic mass is 16.5. The van der Waals surface area contributed by atoms with Crippen LogP contribution in [0.15, 0.2) is 53.4 Å². The van der Waals surface area contributed by atoms with Gasteiger partial charge in [0.15, 0.2) is 5.76 Å². The van der Waals surface area contributed by atoms with Gasteiger partial charge >= 0.3 is 6.09 Å². The van der Waals surface area contributed by atoms with Gasteiger partial charge in [0.25, 0.3) is 5.91 Å². The van der Waals surface area contributed by atoms with Crippen molar-refractivity contribution < 1.29 is 24.3 Å². The van der Waals surface area contributed by atoms with Gasteiger partial charge in [0, 0.05) is 45.0 Å². The number of aromatic nitrogens is 6. The van der Waals surface area contributed by atoms with Gasteiger partial charge < -0.3 is 30.3 Å². The van der Waals surface area contributed by atoms with Crippen molar-refractivity contribution in [2.75, 3.05) is 25.5 Å². The van der Waals surface area contributed by atoms with Crippen molar-refractivity contribution in [2.45, 2.75) is 18.6 Å². The molecule has 5 heterocycles. The molecule has 14 nitrogen and oxygen atoms in total. The maximum Gasteiger partial charge on any atom is 0.404 e. The molecule has 0 bridgehead atoms. The zero-order valence-corrected chi connectivity index (χ0v) is 19.7. The molecule has 1 fully saturated rings. The molecule has 4 aromatic rings. The largest absolute Gasteiger partial charge is 0.465 e. The summed E-state index contributed by atoms with van der Waals surface area (Å²) in [7, 11) is 1.62. The summed E-state index contributed by atoms with van der Waals surface area (Å²) in [5.74, 6) is -0.0278. The Morgan fingerprint density at radius 1 is 1.19 bits per heavy atom. The van der Waals surface area contributed by atoms with Crippen LogP contribution in [0.4, 0.5) is 16.4 Å². The predicted molar refractivity (Wildman–Crippen MR) is 128 cm³/mol. The molecule has 0 aliphatic carbocycles. The number of likely N-dealkylation sites (tertiary alicyclic amines) is 1. The molecule has 37 heavy (non-hydrogen) atoms. The van der Waals surface area contributed by atoms with Crippen molar-refractivity contribution in [3.05, 3.63) is 54.7 Å². The Labute approximate surface area is 210 Å². The highest BCUT2D eigenvalue weighted by Crippen LogP contribution is 2.34. The van der Waals surface area contributed by atoms with Crippen molar-refractivity contribution in [3.8, 4) is 22.8 Å². The van der Waals surface area contributed by atoms with E-state index < -0.39 is 17.6 Å². The number of aliphatic hydroxyl groups is 1. The first-order chi connectivity index (χ1) is 17.8. The Hall–Kier alpha value is -4.85. The van der Waals surface area contributed by atoms with Gasteiger partial charge in [0.2, 0.25) is 11.5 Å². The molecular weight excluding hydrogens is 482 g/mol. The van der Waals surface area contributed by atoms with Crippen LogP contribution in [-0.4, -0.2) is 77.1 Å². The molecular formula is C23H23N9O5. The van der Waals surface area contributed by atoms with E-state index in [1.165, 1.54) is 11.0 Å². The van der Waals surface area contributed by atoms with Crippen LogP contribution in [-0.2, 0) is 16.9 Å². The topological polar surface area (TPSA) is 184 Å². The zero-order valence-electron chi connectivity index (χ0n) is 19.7. The fourth-order valence-electron chi connectivity index (χ4n) is 3.91. The smallest absolute Gasteiger partial charge is 0.404 e. The van der Waals surface area contributed by atoms with Gasteiger partial charge in [-0.05, 0) is 18.2 Å². The lowest BCUT2D eigenvalue weighted by Gasteiger charge is -2.16. The van der Waals surface area contributed by atoms with Crippen LogP contribution in [0.3, 0.4) is 0 Å². The van der Waals surface area contributed by atoms with Gasteiger partial charge in [-0.15, -0.1) is 0 Å². The van der Waals surface area contributed by atoms with Crippen molar-refractivity contribution in [1.82, 2.24) is 40.1 Å². The first-order valence-electron chi connectivity index (χ1n) is 11.3. The summed E-state index contributed by atoms with van der Waals surface area (Å²) in [5.41, 5.74) is 0.870. The molecule has 0 unspecified atom stereocenters. The number of carboxylic acid groups (broad SMARTS) is 1. The number of nitrogens with one attached hydrogen (secondary N) is 2. The first kappa shape index (κ1) is 23.9. The minimum Gasteiger partial charge on any atom is -0.465 e. The van der Waals surface area contributed by atoms with Crippen LogP contribution in [0.1, 0.15) is 12.2 Å². The van der Waals surface area contributed by atoms with E-state index >= 15 is 0 Å². The second kappa shape index (κ2) is 9.66. The minimum atomic E-state index is -1.73. The van der Waals surface area contributed by atoms with E-state index in [2.05, 4.69) is 35.8 Å². The average molecular weight is 505 g/mol. The highest BCUT2D eigenvalue weighted by molar-refractivity contribution is 5.87. The Kier molecular flexibility index (Phi) is 6.23. The quantitative estimate of drug-likeness (QED) is 0.272. The Morgan fingerprint density at radius 3 is 2.73 bits per heavy atom. The van der Waals surface area contributed by atoms with Gasteiger partial charge in [-0.3, -0.25) is 9.48 Å². The number of likely N-dealkylation sites (N-methyl/N-ethyl adjacent to an activating group) is 1. The first-order valence-corrected chi connectivity index (χ1v) is 11.3. The van der Waals surface area contributed by atoms with E-state index in [0.29, 0.717) is 47.5 Å². The maximum atomic E-state index is 12.4. The van der Waals surface area contributed by atoms with Crippen LogP contribution in [0.2, 0.25) is 0 Å². The van der Waals surface area contributed by atoms with E-state index in [-0.39, 0.29) is 18.7 Å². The molecule has 1 aliphatic rings. The Balaban J connectivity index is 1.32. The monoisotopic (exact) mass is 505 g/mol. The van der Waals surface area contributed by atoms with Crippen molar-refractivity contribution >= 4 is 23.6 Å².